The van der Waals surface area contributed by atoms with Gasteiger partial charge in [-0.3, -0.25) is 4.79 Å². The van der Waals surface area contributed by atoms with Crippen LogP contribution in [0.5, 0.6) is 5.75 Å². The van der Waals surface area contributed by atoms with Crippen LogP contribution in [0.2, 0.25) is 0 Å². The van der Waals surface area contributed by atoms with Gasteiger partial charge in [-0.2, -0.15) is 8.78 Å². The summed E-state index contributed by atoms with van der Waals surface area (Å²) < 4.78 is 29.0. The normalized spacial score (nSPS) is 18.7. The molecule has 1 aromatic rings. The van der Waals surface area contributed by atoms with Crippen LogP contribution in [0.1, 0.15) is 12.0 Å². The number of carbonyl (C=O) groups excluding carboxylic acids is 1. The lowest BCUT2D eigenvalue weighted by Gasteiger charge is -2.18. The first-order valence-corrected chi connectivity index (χ1v) is 5.86. The van der Waals surface area contributed by atoms with Crippen molar-refractivity contribution in [3.63, 3.8) is 0 Å². The number of hydrogen-bond donors (Lipinski definition) is 0. The van der Waals surface area contributed by atoms with Crippen LogP contribution in [0.4, 0.5) is 8.78 Å². The van der Waals surface area contributed by atoms with E-state index >= 15 is 0 Å². The zero-order valence-corrected chi connectivity index (χ0v) is 10.2. The first-order valence-electron chi connectivity index (χ1n) is 5.86. The highest BCUT2D eigenvalue weighted by Gasteiger charge is 2.28. The molecule has 2 rings (SSSR count). The Morgan fingerprint density at radius 3 is 2.84 bits per heavy atom. The monoisotopic (exact) mass is 265 g/mol. The fourth-order valence-electron chi connectivity index (χ4n) is 2.09. The second kappa shape index (κ2) is 5.70. The third-order valence-corrected chi connectivity index (χ3v) is 3.00. The van der Waals surface area contributed by atoms with Gasteiger partial charge in [0.05, 0.1) is 0 Å². The molecule has 1 saturated heterocycles. The molecule has 0 aromatic heterocycles. The van der Waals surface area contributed by atoms with E-state index in [4.69, 9.17) is 6.42 Å². The maximum Gasteiger partial charge on any atom is 0.387 e. The van der Waals surface area contributed by atoms with Gasteiger partial charge >= 0.3 is 6.61 Å². The van der Waals surface area contributed by atoms with E-state index < -0.39 is 6.61 Å². The summed E-state index contributed by atoms with van der Waals surface area (Å²) in [5.74, 6) is 2.47. The number of terminal acetylenes is 1. The van der Waals surface area contributed by atoms with Crippen LogP contribution in [0, 0.1) is 18.3 Å². The van der Waals surface area contributed by atoms with Crippen LogP contribution in [0.3, 0.4) is 0 Å². The Kier molecular flexibility index (Phi) is 4.00. The molecule has 0 saturated carbocycles. The number of rotatable bonds is 4. The summed E-state index contributed by atoms with van der Waals surface area (Å²) >= 11 is 0. The Morgan fingerprint density at radius 1 is 1.47 bits per heavy atom. The van der Waals surface area contributed by atoms with Crippen molar-refractivity contribution in [3.05, 3.63) is 29.8 Å². The van der Waals surface area contributed by atoms with Crippen molar-refractivity contribution in [1.82, 2.24) is 4.90 Å². The van der Waals surface area contributed by atoms with Crippen molar-refractivity contribution in [2.24, 2.45) is 5.92 Å². The molecule has 3 nitrogen and oxygen atoms in total. The summed E-state index contributed by atoms with van der Waals surface area (Å²) in [4.78, 5) is 13.3. The van der Waals surface area contributed by atoms with Crippen LogP contribution in [-0.2, 0) is 11.3 Å². The molecular weight excluding hydrogens is 252 g/mol. The van der Waals surface area contributed by atoms with Crippen molar-refractivity contribution in [2.45, 2.75) is 19.6 Å². The number of carbonyl (C=O) groups is 1. The van der Waals surface area contributed by atoms with E-state index in [1.54, 1.807) is 23.1 Å². The van der Waals surface area contributed by atoms with Gasteiger partial charge in [0.25, 0.3) is 0 Å². The van der Waals surface area contributed by atoms with Crippen molar-refractivity contribution < 1.29 is 18.3 Å². The molecular formula is C14H13F2NO2. The molecule has 1 aromatic carbocycles. The molecule has 1 amide bonds. The maximum atomic E-state index is 12.3. The second-order valence-electron chi connectivity index (χ2n) is 4.33. The quantitative estimate of drug-likeness (QED) is 0.782. The standard InChI is InChI=1S/C14H13F2NO2/c1-2-10-7-13(18)17(8-10)9-11-5-3-4-6-12(11)19-14(15)16/h1,3-6,10,14H,7-9H2. The Bertz CT molecular complexity index is 510. The fraction of sp³-hybridized carbons (Fsp3) is 0.357. The SMILES string of the molecule is C#CC1CC(=O)N(Cc2ccccc2OC(F)F)C1. The maximum absolute atomic E-state index is 12.3. The summed E-state index contributed by atoms with van der Waals surface area (Å²) in [6.07, 6.45) is 5.61. The summed E-state index contributed by atoms with van der Waals surface area (Å²) in [7, 11) is 0. The van der Waals surface area contributed by atoms with Gasteiger partial charge < -0.3 is 9.64 Å². The van der Waals surface area contributed by atoms with Crippen molar-refractivity contribution in [1.29, 1.82) is 0 Å². The number of likely N-dealkylation sites (tertiary alicyclic amines) is 1. The number of ether oxygens (including phenoxy) is 1. The molecule has 1 aliphatic heterocycles. The summed E-state index contributed by atoms with van der Waals surface area (Å²) in [6, 6.07) is 6.44. The molecule has 1 fully saturated rings. The highest BCUT2D eigenvalue weighted by molar-refractivity contribution is 5.79. The number of para-hydroxylation sites is 1. The van der Waals surface area contributed by atoms with E-state index in [1.165, 1.54) is 6.07 Å². The molecule has 0 aliphatic carbocycles. The molecule has 1 atom stereocenters. The van der Waals surface area contributed by atoms with Gasteiger partial charge in [0.2, 0.25) is 5.91 Å². The van der Waals surface area contributed by atoms with Crippen LogP contribution in [0.25, 0.3) is 0 Å². The van der Waals surface area contributed by atoms with E-state index in [0.29, 0.717) is 18.5 Å². The second-order valence-corrected chi connectivity index (χ2v) is 4.33. The average Bonchev–Trinajstić information content (AvgIpc) is 2.72. The fourth-order valence-corrected chi connectivity index (χ4v) is 2.09. The smallest absolute Gasteiger partial charge is 0.387 e. The Labute approximate surface area is 110 Å². The van der Waals surface area contributed by atoms with Crippen LogP contribution >= 0.6 is 0 Å². The van der Waals surface area contributed by atoms with E-state index in [0.717, 1.165) is 0 Å². The molecule has 0 radical (unpaired) electrons. The molecule has 0 bridgehead atoms. The predicted molar refractivity (Wildman–Crippen MR) is 65.4 cm³/mol. The molecule has 100 valence electrons. The van der Waals surface area contributed by atoms with Gasteiger partial charge in [0, 0.05) is 31.0 Å². The van der Waals surface area contributed by atoms with E-state index in [-0.39, 0.29) is 24.1 Å². The summed E-state index contributed by atoms with van der Waals surface area (Å²) in [5.41, 5.74) is 0.550. The number of benzene rings is 1. The Balaban J connectivity index is 2.11. The number of hydrogen-bond acceptors (Lipinski definition) is 2. The van der Waals surface area contributed by atoms with Crippen LogP contribution < -0.4 is 4.74 Å². The van der Waals surface area contributed by atoms with Gasteiger partial charge in [0.1, 0.15) is 5.75 Å². The molecule has 5 heteroatoms. The van der Waals surface area contributed by atoms with E-state index in [1.807, 2.05) is 0 Å². The molecule has 1 unspecified atom stereocenters. The molecule has 0 spiro atoms. The van der Waals surface area contributed by atoms with Crippen molar-refractivity contribution in [2.75, 3.05) is 6.54 Å². The van der Waals surface area contributed by atoms with Gasteiger partial charge in [-0.25, -0.2) is 0 Å². The van der Waals surface area contributed by atoms with Gasteiger partial charge in [-0.1, -0.05) is 18.2 Å². The minimum atomic E-state index is -2.88. The average molecular weight is 265 g/mol. The lowest BCUT2D eigenvalue weighted by atomic mass is 10.1. The summed E-state index contributed by atoms with van der Waals surface area (Å²) in [6.45, 7) is -2.19. The van der Waals surface area contributed by atoms with Crippen molar-refractivity contribution >= 4 is 5.91 Å². The predicted octanol–water partition coefficient (Wildman–Crippen LogP) is 2.27. The first kappa shape index (κ1) is 13.3. The molecule has 1 aliphatic rings. The van der Waals surface area contributed by atoms with Crippen LogP contribution in [0.15, 0.2) is 24.3 Å². The Hall–Kier alpha value is -2.09. The lowest BCUT2D eigenvalue weighted by molar-refractivity contribution is -0.128. The Morgan fingerprint density at radius 2 is 2.21 bits per heavy atom. The molecule has 1 heterocycles. The van der Waals surface area contributed by atoms with Gasteiger partial charge in [-0.15, -0.1) is 12.3 Å². The molecule has 0 N–H and O–H groups in total. The minimum Gasteiger partial charge on any atom is -0.434 e. The lowest BCUT2D eigenvalue weighted by Crippen LogP contribution is -2.25. The zero-order valence-electron chi connectivity index (χ0n) is 10.2. The number of halogens is 2. The van der Waals surface area contributed by atoms with Gasteiger partial charge in [0.15, 0.2) is 0 Å². The van der Waals surface area contributed by atoms with Crippen LogP contribution in [-0.4, -0.2) is 24.0 Å². The number of nitrogens with zero attached hydrogens (tertiary/aromatic N) is 1. The summed E-state index contributed by atoms with van der Waals surface area (Å²) in [5, 5.41) is 0. The largest absolute Gasteiger partial charge is 0.434 e. The van der Waals surface area contributed by atoms with E-state index in [9.17, 15) is 13.6 Å². The number of amides is 1. The highest BCUT2D eigenvalue weighted by Crippen LogP contribution is 2.25. The first-order chi connectivity index (χ1) is 9.10. The topological polar surface area (TPSA) is 29.5 Å². The third kappa shape index (κ3) is 3.22. The number of alkyl halides is 2. The minimum absolute atomic E-state index is 0.0604. The zero-order chi connectivity index (χ0) is 13.8. The third-order valence-electron chi connectivity index (χ3n) is 3.00. The van der Waals surface area contributed by atoms with Crippen molar-refractivity contribution in [3.8, 4) is 18.1 Å². The molecule has 19 heavy (non-hydrogen) atoms. The van der Waals surface area contributed by atoms with Gasteiger partial charge in [-0.05, 0) is 6.07 Å². The highest BCUT2D eigenvalue weighted by atomic mass is 19.3. The van der Waals surface area contributed by atoms with E-state index in [2.05, 4.69) is 10.7 Å².